The second-order valence-electron chi connectivity index (χ2n) is 6.31. The van der Waals surface area contributed by atoms with E-state index in [-0.39, 0.29) is 5.92 Å². The van der Waals surface area contributed by atoms with Crippen LogP contribution in [-0.4, -0.2) is 35.8 Å². The third-order valence-corrected chi connectivity index (χ3v) is 4.25. The molecule has 2 aromatic carbocycles. The van der Waals surface area contributed by atoms with E-state index in [1.807, 2.05) is 0 Å². The van der Waals surface area contributed by atoms with Crippen LogP contribution in [0.15, 0.2) is 48.5 Å². The second kappa shape index (κ2) is 7.00. The van der Waals surface area contributed by atoms with Gasteiger partial charge in [0.05, 0.1) is 18.2 Å². The first-order valence-corrected chi connectivity index (χ1v) is 8.26. The number of rotatable bonds is 5. The number of benzene rings is 2. The van der Waals surface area contributed by atoms with Gasteiger partial charge in [-0.25, -0.2) is 4.79 Å². The van der Waals surface area contributed by atoms with Gasteiger partial charge in [0, 0.05) is 0 Å². The van der Waals surface area contributed by atoms with Gasteiger partial charge in [-0.1, -0.05) is 26.0 Å². The first-order chi connectivity index (χ1) is 12.4. The molecule has 6 nitrogen and oxygen atoms in total. The molecule has 1 unspecified atom stereocenters. The summed E-state index contributed by atoms with van der Waals surface area (Å²) in [6.45, 7) is 3.53. The molecule has 3 rings (SSSR count). The zero-order chi connectivity index (χ0) is 18.8. The molecule has 0 aromatic heterocycles. The van der Waals surface area contributed by atoms with Crippen molar-refractivity contribution in [2.45, 2.75) is 19.9 Å². The molecule has 0 saturated carbocycles. The molecule has 26 heavy (non-hydrogen) atoms. The van der Waals surface area contributed by atoms with Crippen molar-refractivity contribution in [3.05, 3.63) is 59.7 Å². The van der Waals surface area contributed by atoms with Gasteiger partial charge in [-0.2, -0.15) is 0 Å². The van der Waals surface area contributed by atoms with Crippen molar-refractivity contribution < 1.29 is 23.9 Å². The van der Waals surface area contributed by atoms with Crippen LogP contribution in [0.25, 0.3) is 0 Å². The molecule has 2 aromatic rings. The minimum absolute atomic E-state index is 0.303. The molecule has 0 fully saturated rings. The lowest BCUT2D eigenvalue weighted by Gasteiger charge is -2.27. The number of nitrogens with zero attached hydrogens (tertiary/aromatic N) is 1. The van der Waals surface area contributed by atoms with Crippen LogP contribution in [0.1, 0.15) is 34.6 Å². The van der Waals surface area contributed by atoms with Crippen molar-refractivity contribution in [2.24, 2.45) is 5.92 Å². The van der Waals surface area contributed by atoms with E-state index in [4.69, 9.17) is 9.47 Å². The Labute approximate surface area is 151 Å². The Morgan fingerprint density at radius 2 is 1.38 bits per heavy atom. The Kier molecular flexibility index (Phi) is 4.75. The standard InChI is InChI=1S/C20H19NO5/c1-12(2)17(20(24)26-14-10-8-13(25-3)9-11-14)21-18(22)15-6-4-5-7-16(15)19(21)23/h4-12,17H,1-3H3. The fraction of sp³-hybridized carbons (Fsp3) is 0.250. The number of hydrogen-bond donors (Lipinski definition) is 0. The monoisotopic (exact) mass is 353 g/mol. The Morgan fingerprint density at radius 1 is 0.885 bits per heavy atom. The van der Waals surface area contributed by atoms with Crippen LogP contribution < -0.4 is 9.47 Å². The van der Waals surface area contributed by atoms with E-state index in [2.05, 4.69) is 0 Å². The minimum Gasteiger partial charge on any atom is -0.497 e. The van der Waals surface area contributed by atoms with Crippen LogP contribution in [0.5, 0.6) is 11.5 Å². The molecular weight excluding hydrogens is 334 g/mol. The van der Waals surface area contributed by atoms with Gasteiger partial charge in [-0.15, -0.1) is 0 Å². The Balaban J connectivity index is 1.86. The van der Waals surface area contributed by atoms with Gasteiger partial charge < -0.3 is 9.47 Å². The minimum atomic E-state index is -1.01. The Morgan fingerprint density at radius 3 is 1.85 bits per heavy atom. The van der Waals surface area contributed by atoms with Crippen molar-refractivity contribution in [1.82, 2.24) is 4.90 Å². The third-order valence-electron chi connectivity index (χ3n) is 4.25. The molecule has 0 spiro atoms. The van der Waals surface area contributed by atoms with Gasteiger partial charge >= 0.3 is 5.97 Å². The Hall–Kier alpha value is -3.15. The summed E-state index contributed by atoms with van der Waals surface area (Å²) in [7, 11) is 1.54. The molecule has 0 saturated heterocycles. The third kappa shape index (κ3) is 3.06. The number of ether oxygens (including phenoxy) is 2. The largest absolute Gasteiger partial charge is 0.497 e. The van der Waals surface area contributed by atoms with Crippen molar-refractivity contribution in [1.29, 1.82) is 0 Å². The summed E-state index contributed by atoms with van der Waals surface area (Å²) in [6, 6.07) is 12.0. The average Bonchev–Trinajstić information content (AvgIpc) is 2.88. The van der Waals surface area contributed by atoms with E-state index in [0.717, 1.165) is 4.90 Å². The summed E-state index contributed by atoms with van der Waals surface area (Å²) in [5.74, 6) is -0.960. The fourth-order valence-electron chi connectivity index (χ4n) is 2.96. The number of hydrogen-bond acceptors (Lipinski definition) is 5. The molecule has 0 N–H and O–H groups in total. The molecule has 0 radical (unpaired) electrons. The highest BCUT2D eigenvalue weighted by Gasteiger charge is 2.44. The van der Waals surface area contributed by atoms with E-state index in [9.17, 15) is 14.4 Å². The van der Waals surface area contributed by atoms with Gasteiger partial charge in [0.15, 0.2) is 0 Å². The molecule has 6 heteroatoms. The van der Waals surface area contributed by atoms with E-state index in [1.54, 1.807) is 62.4 Å². The number of esters is 1. The molecule has 1 heterocycles. The molecule has 1 atom stereocenters. The topological polar surface area (TPSA) is 72.9 Å². The normalized spacial score (nSPS) is 14.4. The van der Waals surface area contributed by atoms with Gasteiger partial charge in [0.1, 0.15) is 17.5 Å². The predicted molar refractivity (Wildman–Crippen MR) is 94.2 cm³/mol. The Bertz CT molecular complexity index is 822. The number of carbonyl (C=O) groups excluding carboxylic acids is 3. The molecule has 0 bridgehead atoms. The molecule has 1 aliphatic rings. The molecule has 1 aliphatic heterocycles. The van der Waals surface area contributed by atoms with E-state index in [0.29, 0.717) is 22.6 Å². The zero-order valence-corrected chi connectivity index (χ0v) is 14.8. The van der Waals surface area contributed by atoms with Crippen molar-refractivity contribution in [2.75, 3.05) is 7.11 Å². The summed E-state index contributed by atoms with van der Waals surface area (Å²) in [5, 5.41) is 0. The van der Waals surface area contributed by atoms with Gasteiger partial charge in [0.25, 0.3) is 11.8 Å². The average molecular weight is 353 g/mol. The number of fused-ring (bicyclic) bond motifs is 1. The van der Waals surface area contributed by atoms with Crippen LogP contribution in [-0.2, 0) is 4.79 Å². The number of methoxy groups -OCH3 is 1. The smallest absolute Gasteiger partial charge is 0.335 e. The zero-order valence-electron chi connectivity index (χ0n) is 14.8. The fourth-order valence-corrected chi connectivity index (χ4v) is 2.96. The van der Waals surface area contributed by atoms with Gasteiger partial charge in [-0.05, 0) is 42.3 Å². The van der Waals surface area contributed by atoms with Crippen LogP contribution in [0, 0.1) is 5.92 Å². The van der Waals surface area contributed by atoms with E-state index >= 15 is 0 Å². The molecule has 0 aliphatic carbocycles. The number of imide groups is 1. The first-order valence-electron chi connectivity index (χ1n) is 8.26. The summed E-state index contributed by atoms with van der Waals surface area (Å²) in [4.78, 5) is 39.1. The lowest BCUT2D eigenvalue weighted by molar-refractivity contribution is -0.140. The molecular formula is C20H19NO5. The van der Waals surface area contributed by atoms with Gasteiger partial charge in [0.2, 0.25) is 0 Å². The number of carbonyl (C=O) groups is 3. The summed E-state index contributed by atoms with van der Waals surface area (Å²) < 4.78 is 10.5. The maximum Gasteiger partial charge on any atom is 0.335 e. The maximum atomic E-state index is 12.7. The van der Waals surface area contributed by atoms with Crippen molar-refractivity contribution >= 4 is 17.8 Å². The van der Waals surface area contributed by atoms with Crippen LogP contribution in [0.3, 0.4) is 0 Å². The van der Waals surface area contributed by atoms with Crippen LogP contribution in [0.4, 0.5) is 0 Å². The van der Waals surface area contributed by atoms with Crippen LogP contribution in [0.2, 0.25) is 0 Å². The van der Waals surface area contributed by atoms with Gasteiger partial charge in [-0.3, -0.25) is 14.5 Å². The van der Waals surface area contributed by atoms with Crippen LogP contribution >= 0.6 is 0 Å². The van der Waals surface area contributed by atoms with Crippen molar-refractivity contribution in [3.63, 3.8) is 0 Å². The first kappa shape index (κ1) is 17.7. The number of amides is 2. The predicted octanol–water partition coefficient (Wildman–Crippen LogP) is 2.92. The lowest BCUT2D eigenvalue weighted by atomic mass is 10.0. The molecule has 2 amide bonds. The lowest BCUT2D eigenvalue weighted by Crippen LogP contribution is -2.49. The quantitative estimate of drug-likeness (QED) is 0.469. The summed E-state index contributed by atoms with van der Waals surface area (Å²) in [6.07, 6.45) is 0. The van der Waals surface area contributed by atoms with Crippen molar-refractivity contribution in [3.8, 4) is 11.5 Å². The van der Waals surface area contributed by atoms with E-state index < -0.39 is 23.8 Å². The SMILES string of the molecule is COc1ccc(OC(=O)C(C(C)C)N2C(=O)c3ccccc3C2=O)cc1. The maximum absolute atomic E-state index is 12.7. The highest BCUT2D eigenvalue weighted by atomic mass is 16.5. The molecule has 134 valence electrons. The van der Waals surface area contributed by atoms with E-state index in [1.165, 1.54) is 7.11 Å². The highest BCUT2D eigenvalue weighted by Crippen LogP contribution is 2.28. The summed E-state index contributed by atoms with van der Waals surface area (Å²) in [5.41, 5.74) is 0.612. The second-order valence-corrected chi connectivity index (χ2v) is 6.31. The summed E-state index contributed by atoms with van der Waals surface area (Å²) >= 11 is 0. The highest BCUT2D eigenvalue weighted by molar-refractivity contribution is 6.22.